The fraction of sp³-hybridized carbons (Fsp3) is 0.741. The minimum absolute atomic E-state index is 0.916. The molecule has 0 aliphatic carbocycles. The Morgan fingerprint density at radius 2 is 1.23 bits per heavy atom. The Morgan fingerprint density at radius 3 is 1.77 bits per heavy atom. The van der Waals surface area contributed by atoms with E-state index in [0.29, 0.717) is 0 Å². The second-order valence-electron chi connectivity index (χ2n) is 9.13. The fourth-order valence-corrected chi connectivity index (χ4v) is 5.52. The third-order valence-electron chi connectivity index (χ3n) is 6.44. The van der Waals surface area contributed by atoms with Crippen LogP contribution in [0.5, 0.6) is 0 Å². The number of anilines is 1. The van der Waals surface area contributed by atoms with Crippen LogP contribution in [0.3, 0.4) is 0 Å². The number of nitrogens with one attached hydrogen (secondary N) is 1. The highest BCUT2D eigenvalue weighted by Gasteiger charge is 2.12. The zero-order valence-electron chi connectivity index (χ0n) is 20.2. The molecule has 0 saturated heterocycles. The van der Waals surface area contributed by atoms with E-state index in [1.807, 2.05) is 0 Å². The standard InChI is InChI=1S/C27H46N2S2/c1-3-5-7-9-11-13-15-17-19-23-21-22-25-26(28-27(29-30)31-25)24(23)20-18-16-14-12-10-8-6-4-2/h21-22,30H,3-20H2,1-2H3,(H,28,29). The van der Waals surface area contributed by atoms with Gasteiger partial charge in [-0.3, -0.25) is 0 Å². The molecule has 2 rings (SSSR count). The summed E-state index contributed by atoms with van der Waals surface area (Å²) in [6, 6.07) is 4.66. The van der Waals surface area contributed by atoms with Crippen molar-refractivity contribution in [2.45, 2.75) is 129 Å². The van der Waals surface area contributed by atoms with Gasteiger partial charge in [0.05, 0.1) is 10.2 Å². The monoisotopic (exact) mass is 462 g/mol. The molecule has 0 amide bonds. The molecule has 4 heteroatoms. The van der Waals surface area contributed by atoms with Gasteiger partial charge in [-0.05, 0) is 42.9 Å². The molecule has 1 aromatic heterocycles. The largest absolute Gasteiger partial charge is 0.308 e. The Hall–Kier alpha value is -0.740. The highest BCUT2D eigenvalue weighted by Crippen LogP contribution is 2.32. The van der Waals surface area contributed by atoms with Gasteiger partial charge in [0.25, 0.3) is 0 Å². The molecule has 0 bridgehead atoms. The molecule has 176 valence electrons. The number of thiol groups is 1. The summed E-state index contributed by atoms with van der Waals surface area (Å²) >= 11 is 5.94. The van der Waals surface area contributed by atoms with E-state index in [-0.39, 0.29) is 0 Å². The Morgan fingerprint density at radius 1 is 0.710 bits per heavy atom. The fourth-order valence-electron chi connectivity index (χ4n) is 4.54. The second-order valence-corrected chi connectivity index (χ2v) is 10.4. The SMILES string of the molecule is CCCCCCCCCCc1ccc2sc(NS)nc2c1CCCCCCCCCC. The summed E-state index contributed by atoms with van der Waals surface area (Å²) in [6.45, 7) is 4.58. The smallest absolute Gasteiger partial charge is 0.193 e. The van der Waals surface area contributed by atoms with Gasteiger partial charge >= 0.3 is 0 Å². The van der Waals surface area contributed by atoms with Crippen LogP contribution < -0.4 is 4.72 Å². The minimum Gasteiger partial charge on any atom is -0.308 e. The number of unbranched alkanes of at least 4 members (excludes halogenated alkanes) is 14. The first-order chi connectivity index (χ1) is 15.3. The molecule has 1 N–H and O–H groups in total. The number of aryl methyl sites for hydroxylation is 2. The van der Waals surface area contributed by atoms with Gasteiger partial charge in [0.1, 0.15) is 0 Å². The predicted molar refractivity (Wildman–Crippen MR) is 145 cm³/mol. The maximum Gasteiger partial charge on any atom is 0.193 e. The Labute approximate surface area is 201 Å². The second kappa shape index (κ2) is 16.8. The van der Waals surface area contributed by atoms with E-state index in [4.69, 9.17) is 4.98 Å². The average molecular weight is 463 g/mol. The van der Waals surface area contributed by atoms with Crippen molar-refractivity contribution in [3.8, 4) is 0 Å². The molecule has 0 atom stereocenters. The maximum absolute atomic E-state index is 4.86. The first-order valence-corrected chi connectivity index (χ1v) is 14.4. The van der Waals surface area contributed by atoms with Gasteiger partial charge in [-0.2, -0.15) is 0 Å². The summed E-state index contributed by atoms with van der Waals surface area (Å²) in [5.74, 6) is 0. The van der Waals surface area contributed by atoms with E-state index >= 15 is 0 Å². The van der Waals surface area contributed by atoms with Crippen molar-refractivity contribution in [2.24, 2.45) is 0 Å². The quantitative estimate of drug-likeness (QED) is 0.160. The molecule has 31 heavy (non-hydrogen) atoms. The minimum atomic E-state index is 0.916. The van der Waals surface area contributed by atoms with Crippen LogP contribution in [0, 0.1) is 0 Å². The van der Waals surface area contributed by atoms with Crippen LogP contribution in [0.25, 0.3) is 10.2 Å². The Kier molecular flexibility index (Phi) is 14.4. The molecule has 2 aromatic rings. The molecule has 2 nitrogen and oxygen atoms in total. The topological polar surface area (TPSA) is 24.9 Å². The Bertz CT molecular complexity index is 711. The summed E-state index contributed by atoms with van der Waals surface area (Å²) in [5, 5.41) is 0.916. The molecular weight excluding hydrogens is 416 g/mol. The normalized spacial score (nSPS) is 11.5. The summed E-state index contributed by atoms with van der Waals surface area (Å²) in [5.41, 5.74) is 4.27. The number of hydrogen-bond donors (Lipinski definition) is 2. The highest BCUT2D eigenvalue weighted by molar-refractivity contribution is 7.82. The molecule has 1 heterocycles. The maximum atomic E-state index is 4.86. The molecule has 0 unspecified atom stereocenters. The number of aromatic nitrogens is 1. The zero-order chi connectivity index (χ0) is 22.2. The van der Waals surface area contributed by atoms with E-state index in [2.05, 4.69) is 43.5 Å². The van der Waals surface area contributed by atoms with Gasteiger partial charge < -0.3 is 4.72 Å². The van der Waals surface area contributed by atoms with E-state index in [0.717, 1.165) is 5.13 Å². The van der Waals surface area contributed by atoms with Crippen LogP contribution in [-0.4, -0.2) is 4.98 Å². The zero-order valence-corrected chi connectivity index (χ0v) is 21.9. The van der Waals surface area contributed by atoms with Crippen molar-refractivity contribution in [3.63, 3.8) is 0 Å². The van der Waals surface area contributed by atoms with Gasteiger partial charge in [0.15, 0.2) is 5.13 Å². The van der Waals surface area contributed by atoms with Crippen LogP contribution in [0.2, 0.25) is 0 Å². The lowest BCUT2D eigenvalue weighted by Gasteiger charge is -2.11. The number of hydrogen-bond acceptors (Lipinski definition) is 4. The number of thiazole rings is 1. The average Bonchev–Trinajstić information content (AvgIpc) is 3.22. The Balaban J connectivity index is 1.84. The van der Waals surface area contributed by atoms with Gasteiger partial charge in [-0.15, -0.1) is 0 Å². The summed E-state index contributed by atoms with van der Waals surface area (Å²) in [6.07, 6.45) is 24.4. The van der Waals surface area contributed by atoms with Gasteiger partial charge in [-0.1, -0.05) is 134 Å². The van der Waals surface area contributed by atoms with Crippen LogP contribution in [0.1, 0.15) is 128 Å². The van der Waals surface area contributed by atoms with E-state index < -0.39 is 0 Å². The molecular formula is C27H46N2S2. The van der Waals surface area contributed by atoms with Gasteiger partial charge in [-0.25, -0.2) is 4.98 Å². The van der Waals surface area contributed by atoms with Crippen molar-refractivity contribution in [1.82, 2.24) is 4.98 Å². The first-order valence-electron chi connectivity index (χ1n) is 13.1. The number of nitrogens with zero attached hydrogens (tertiary/aromatic N) is 1. The molecule has 0 fully saturated rings. The van der Waals surface area contributed by atoms with E-state index in [9.17, 15) is 0 Å². The van der Waals surface area contributed by atoms with Crippen LogP contribution in [0.15, 0.2) is 12.1 Å². The van der Waals surface area contributed by atoms with Crippen LogP contribution in [0.4, 0.5) is 5.13 Å². The van der Waals surface area contributed by atoms with Crippen molar-refractivity contribution in [3.05, 3.63) is 23.3 Å². The predicted octanol–water partition coefficient (Wildman–Crippen LogP) is 9.92. The number of rotatable bonds is 19. The molecule has 1 aromatic carbocycles. The highest BCUT2D eigenvalue weighted by atomic mass is 32.1. The van der Waals surface area contributed by atoms with Crippen LogP contribution >= 0.6 is 24.2 Å². The van der Waals surface area contributed by atoms with E-state index in [1.165, 1.54) is 137 Å². The van der Waals surface area contributed by atoms with Crippen LogP contribution in [-0.2, 0) is 12.8 Å². The molecule has 0 saturated carbocycles. The molecule has 0 aliphatic heterocycles. The molecule has 0 aliphatic rings. The van der Waals surface area contributed by atoms with Crippen molar-refractivity contribution in [1.29, 1.82) is 0 Å². The van der Waals surface area contributed by atoms with Crippen molar-refractivity contribution in [2.75, 3.05) is 4.72 Å². The van der Waals surface area contributed by atoms with Gasteiger partial charge in [0, 0.05) is 0 Å². The van der Waals surface area contributed by atoms with Crippen molar-refractivity contribution >= 4 is 39.5 Å². The lowest BCUT2D eigenvalue weighted by molar-refractivity contribution is 0.571. The number of fused-ring (bicyclic) bond motifs is 1. The first kappa shape index (κ1) is 26.5. The lowest BCUT2D eigenvalue weighted by Crippen LogP contribution is -1.97. The van der Waals surface area contributed by atoms with E-state index in [1.54, 1.807) is 11.3 Å². The third kappa shape index (κ3) is 10.2. The third-order valence-corrected chi connectivity index (χ3v) is 7.74. The molecule has 0 radical (unpaired) electrons. The number of benzene rings is 1. The lowest BCUT2D eigenvalue weighted by atomic mass is 9.95. The summed E-state index contributed by atoms with van der Waals surface area (Å²) < 4.78 is 4.24. The summed E-state index contributed by atoms with van der Waals surface area (Å²) in [7, 11) is 0. The molecule has 0 spiro atoms. The van der Waals surface area contributed by atoms with Gasteiger partial charge in [0.2, 0.25) is 0 Å². The van der Waals surface area contributed by atoms with Crippen molar-refractivity contribution < 1.29 is 0 Å². The summed E-state index contributed by atoms with van der Waals surface area (Å²) in [4.78, 5) is 4.86.